The Hall–Kier alpha value is -1.85. The first-order valence-corrected chi connectivity index (χ1v) is 5.05. The van der Waals surface area contributed by atoms with Crippen LogP contribution in [0.5, 0.6) is 0 Å². The fraction of sp³-hybridized carbons (Fsp3) is 0.500. The average molecular weight is 223 g/mol. The van der Waals surface area contributed by atoms with Gasteiger partial charge in [0.25, 0.3) is 0 Å². The van der Waals surface area contributed by atoms with Gasteiger partial charge in [-0.25, -0.2) is 0 Å². The number of nitrogens with one attached hydrogen (secondary N) is 1. The zero-order valence-corrected chi connectivity index (χ0v) is 8.88. The summed E-state index contributed by atoms with van der Waals surface area (Å²) in [7, 11) is 1.67. The topological polar surface area (TPSA) is 86.3 Å². The number of aromatic amines is 1. The minimum atomic E-state index is -0.880. The van der Waals surface area contributed by atoms with Crippen LogP contribution in [-0.4, -0.2) is 39.1 Å². The Morgan fingerprint density at radius 2 is 2.38 bits per heavy atom. The number of carboxylic acids is 1. The predicted molar refractivity (Wildman–Crippen MR) is 54.3 cm³/mol. The van der Waals surface area contributed by atoms with Gasteiger partial charge < -0.3 is 10.0 Å². The van der Waals surface area contributed by atoms with E-state index in [-0.39, 0.29) is 11.8 Å². The van der Waals surface area contributed by atoms with E-state index in [9.17, 15) is 9.59 Å². The van der Waals surface area contributed by atoms with Crippen LogP contribution in [0.1, 0.15) is 12.0 Å². The molecule has 1 amide bonds. The summed E-state index contributed by atoms with van der Waals surface area (Å²) < 4.78 is 0. The molecule has 1 aromatic rings. The number of carbonyl (C=O) groups is 2. The Kier molecular flexibility index (Phi) is 2.64. The van der Waals surface area contributed by atoms with Crippen molar-refractivity contribution >= 4 is 11.9 Å². The Morgan fingerprint density at radius 1 is 1.62 bits per heavy atom. The molecule has 1 aliphatic rings. The fourth-order valence-corrected chi connectivity index (χ4v) is 1.74. The third-order valence-electron chi connectivity index (χ3n) is 2.78. The molecule has 0 radical (unpaired) electrons. The van der Waals surface area contributed by atoms with Crippen LogP contribution in [0, 0.1) is 11.8 Å². The van der Waals surface area contributed by atoms with E-state index >= 15 is 0 Å². The molecule has 1 fully saturated rings. The molecule has 2 unspecified atom stereocenters. The van der Waals surface area contributed by atoms with Crippen LogP contribution in [0.2, 0.25) is 0 Å². The molecule has 2 atom stereocenters. The molecule has 2 N–H and O–H groups in total. The number of aliphatic carboxylic acids is 1. The Balaban J connectivity index is 1.89. The molecule has 2 rings (SSSR count). The lowest BCUT2D eigenvalue weighted by Gasteiger charge is -2.15. The number of carboxylic acid groups (broad SMARTS) is 1. The second kappa shape index (κ2) is 3.96. The first-order chi connectivity index (χ1) is 7.59. The molecule has 1 heterocycles. The van der Waals surface area contributed by atoms with Crippen molar-refractivity contribution in [1.82, 2.24) is 15.1 Å². The molecule has 0 saturated heterocycles. The number of aromatic nitrogens is 2. The number of rotatable bonds is 4. The normalized spacial score (nSPS) is 22.8. The molecule has 1 aliphatic carbocycles. The van der Waals surface area contributed by atoms with Gasteiger partial charge in [0.2, 0.25) is 5.91 Å². The maximum absolute atomic E-state index is 11.8. The quantitative estimate of drug-likeness (QED) is 0.757. The number of hydrogen-bond acceptors (Lipinski definition) is 3. The summed E-state index contributed by atoms with van der Waals surface area (Å²) in [4.78, 5) is 23.9. The number of carbonyl (C=O) groups excluding carboxylic acids is 1. The first-order valence-electron chi connectivity index (χ1n) is 5.05. The molecule has 1 aromatic heterocycles. The highest BCUT2D eigenvalue weighted by Crippen LogP contribution is 2.40. The maximum atomic E-state index is 11.8. The lowest BCUT2D eigenvalue weighted by atomic mass is 10.2. The number of amides is 1. The summed E-state index contributed by atoms with van der Waals surface area (Å²) in [6.07, 6.45) is 3.82. The van der Waals surface area contributed by atoms with Crippen molar-refractivity contribution in [2.45, 2.75) is 13.0 Å². The summed E-state index contributed by atoms with van der Waals surface area (Å²) >= 11 is 0. The third-order valence-corrected chi connectivity index (χ3v) is 2.78. The van der Waals surface area contributed by atoms with Crippen LogP contribution in [0.15, 0.2) is 12.4 Å². The fourth-order valence-electron chi connectivity index (χ4n) is 1.74. The number of H-pyrrole nitrogens is 1. The second-order valence-electron chi connectivity index (χ2n) is 4.09. The van der Waals surface area contributed by atoms with Gasteiger partial charge in [0.15, 0.2) is 0 Å². The molecule has 0 bridgehead atoms. The van der Waals surface area contributed by atoms with Crippen molar-refractivity contribution in [3.05, 3.63) is 18.0 Å². The molecular formula is C10H13N3O3. The third kappa shape index (κ3) is 2.05. The SMILES string of the molecule is CN(Cc1cn[nH]c1)C(=O)C1CC1C(=O)O. The van der Waals surface area contributed by atoms with Crippen molar-refractivity contribution < 1.29 is 14.7 Å². The van der Waals surface area contributed by atoms with E-state index < -0.39 is 11.9 Å². The second-order valence-corrected chi connectivity index (χ2v) is 4.09. The monoisotopic (exact) mass is 223 g/mol. The van der Waals surface area contributed by atoms with E-state index in [0.29, 0.717) is 13.0 Å². The standard InChI is InChI=1S/C10H13N3O3/c1-13(5-6-3-11-12-4-6)9(14)7-2-8(7)10(15)16/h3-4,7-8H,2,5H2,1H3,(H,11,12)(H,15,16). The summed E-state index contributed by atoms with van der Waals surface area (Å²) in [6, 6.07) is 0. The van der Waals surface area contributed by atoms with Gasteiger partial charge >= 0.3 is 5.97 Å². The van der Waals surface area contributed by atoms with Gasteiger partial charge in [-0.3, -0.25) is 14.7 Å². The van der Waals surface area contributed by atoms with Gasteiger partial charge in [-0.15, -0.1) is 0 Å². The zero-order valence-electron chi connectivity index (χ0n) is 8.88. The lowest BCUT2D eigenvalue weighted by molar-refractivity contribution is -0.141. The van der Waals surface area contributed by atoms with Crippen LogP contribution < -0.4 is 0 Å². The molecule has 16 heavy (non-hydrogen) atoms. The summed E-state index contributed by atoms with van der Waals surface area (Å²) in [5, 5.41) is 15.2. The predicted octanol–water partition coefficient (Wildman–Crippen LogP) is 0.0888. The molecule has 6 nitrogen and oxygen atoms in total. The van der Waals surface area contributed by atoms with Crippen LogP contribution >= 0.6 is 0 Å². The minimum Gasteiger partial charge on any atom is -0.481 e. The first kappa shape index (κ1) is 10.7. The molecular weight excluding hydrogens is 210 g/mol. The number of hydrogen-bond donors (Lipinski definition) is 2. The smallest absolute Gasteiger partial charge is 0.307 e. The van der Waals surface area contributed by atoms with E-state index in [1.165, 1.54) is 0 Å². The molecule has 86 valence electrons. The average Bonchev–Trinajstić information content (AvgIpc) is 2.89. The molecule has 0 spiro atoms. The highest BCUT2D eigenvalue weighted by atomic mass is 16.4. The van der Waals surface area contributed by atoms with E-state index in [4.69, 9.17) is 5.11 Å². The summed E-state index contributed by atoms with van der Waals surface area (Å²) in [5.74, 6) is -1.81. The largest absolute Gasteiger partial charge is 0.481 e. The molecule has 6 heteroatoms. The van der Waals surface area contributed by atoms with E-state index in [1.54, 1.807) is 24.3 Å². The van der Waals surface area contributed by atoms with Crippen molar-refractivity contribution in [1.29, 1.82) is 0 Å². The Labute approximate surface area is 92.3 Å². The van der Waals surface area contributed by atoms with Crippen molar-refractivity contribution in [2.75, 3.05) is 7.05 Å². The highest BCUT2D eigenvalue weighted by Gasteiger charge is 2.49. The lowest BCUT2D eigenvalue weighted by Crippen LogP contribution is -2.28. The van der Waals surface area contributed by atoms with E-state index in [2.05, 4.69) is 10.2 Å². The van der Waals surface area contributed by atoms with Crippen molar-refractivity contribution in [3.8, 4) is 0 Å². The van der Waals surface area contributed by atoms with Crippen molar-refractivity contribution in [2.24, 2.45) is 11.8 Å². The summed E-state index contributed by atoms with van der Waals surface area (Å²) in [6.45, 7) is 0.457. The molecule has 1 saturated carbocycles. The van der Waals surface area contributed by atoms with E-state index in [0.717, 1.165) is 5.56 Å². The minimum absolute atomic E-state index is 0.103. The van der Waals surface area contributed by atoms with Gasteiger partial charge in [-0.2, -0.15) is 5.10 Å². The van der Waals surface area contributed by atoms with Crippen LogP contribution in [0.25, 0.3) is 0 Å². The Bertz CT molecular complexity index is 401. The zero-order chi connectivity index (χ0) is 11.7. The van der Waals surface area contributed by atoms with E-state index in [1.807, 2.05) is 0 Å². The van der Waals surface area contributed by atoms with Gasteiger partial charge in [-0.1, -0.05) is 0 Å². The Morgan fingerprint density at radius 3 is 2.88 bits per heavy atom. The molecule has 0 aromatic carbocycles. The van der Waals surface area contributed by atoms with Crippen LogP contribution in [0.3, 0.4) is 0 Å². The van der Waals surface area contributed by atoms with Crippen LogP contribution in [-0.2, 0) is 16.1 Å². The van der Waals surface area contributed by atoms with Gasteiger partial charge in [0.1, 0.15) is 0 Å². The van der Waals surface area contributed by atoms with Gasteiger partial charge in [0, 0.05) is 25.4 Å². The molecule has 0 aliphatic heterocycles. The van der Waals surface area contributed by atoms with Crippen molar-refractivity contribution in [3.63, 3.8) is 0 Å². The van der Waals surface area contributed by atoms with Gasteiger partial charge in [-0.05, 0) is 6.42 Å². The number of nitrogens with zero attached hydrogens (tertiary/aromatic N) is 2. The summed E-state index contributed by atoms with van der Waals surface area (Å²) in [5.41, 5.74) is 0.906. The highest BCUT2D eigenvalue weighted by molar-refractivity contribution is 5.89. The maximum Gasteiger partial charge on any atom is 0.307 e. The van der Waals surface area contributed by atoms with Crippen LogP contribution in [0.4, 0.5) is 0 Å². The van der Waals surface area contributed by atoms with Gasteiger partial charge in [0.05, 0.1) is 18.0 Å².